The molecule has 1 aliphatic heterocycles. The molecule has 158 valence electrons. The van der Waals surface area contributed by atoms with Crippen molar-refractivity contribution in [1.29, 1.82) is 0 Å². The standard InChI is InChI=1S/C22H24N2O5S/c1-26-11-10-24-21(25)20(30-22(24)23-15-8-6-5-7-9-15)14-17-18(28-3)12-16(27-2)13-19(17)29-4/h5-9,12-14H,10-11H2,1-4H3/b20-14-,23-22?. The largest absolute Gasteiger partial charge is 0.496 e. The molecule has 0 aliphatic carbocycles. The molecule has 2 aromatic carbocycles. The highest BCUT2D eigenvalue weighted by molar-refractivity contribution is 8.18. The van der Waals surface area contributed by atoms with Gasteiger partial charge in [0, 0.05) is 19.2 Å². The average Bonchev–Trinajstić information content (AvgIpc) is 3.06. The predicted molar refractivity (Wildman–Crippen MR) is 119 cm³/mol. The maximum absolute atomic E-state index is 13.1. The molecule has 30 heavy (non-hydrogen) atoms. The van der Waals surface area contributed by atoms with Crippen LogP contribution in [0.15, 0.2) is 52.4 Å². The Morgan fingerprint density at radius 1 is 1.00 bits per heavy atom. The molecule has 1 fully saturated rings. The van der Waals surface area contributed by atoms with E-state index in [0.717, 1.165) is 5.69 Å². The lowest BCUT2D eigenvalue weighted by atomic mass is 10.1. The average molecular weight is 429 g/mol. The highest BCUT2D eigenvalue weighted by Gasteiger charge is 2.33. The number of hydrogen-bond acceptors (Lipinski definition) is 7. The molecule has 0 unspecified atom stereocenters. The fourth-order valence-electron chi connectivity index (χ4n) is 2.89. The zero-order valence-electron chi connectivity index (χ0n) is 17.4. The van der Waals surface area contributed by atoms with Gasteiger partial charge in [-0.05, 0) is 30.0 Å². The van der Waals surface area contributed by atoms with Gasteiger partial charge < -0.3 is 18.9 Å². The minimum atomic E-state index is -0.147. The quantitative estimate of drug-likeness (QED) is 0.593. The Balaban J connectivity index is 2.03. The van der Waals surface area contributed by atoms with Gasteiger partial charge in [-0.25, -0.2) is 4.99 Å². The van der Waals surface area contributed by atoms with Crippen molar-refractivity contribution in [3.63, 3.8) is 0 Å². The second kappa shape index (κ2) is 10.2. The Labute approximate surface area is 180 Å². The molecule has 0 aromatic heterocycles. The fourth-order valence-corrected chi connectivity index (χ4v) is 3.90. The van der Waals surface area contributed by atoms with Gasteiger partial charge in [-0.15, -0.1) is 0 Å². The van der Waals surface area contributed by atoms with E-state index in [4.69, 9.17) is 18.9 Å². The molecule has 3 rings (SSSR count). The van der Waals surface area contributed by atoms with Crippen molar-refractivity contribution < 1.29 is 23.7 Å². The monoisotopic (exact) mass is 428 g/mol. The van der Waals surface area contributed by atoms with Gasteiger partial charge in [0.25, 0.3) is 5.91 Å². The van der Waals surface area contributed by atoms with Gasteiger partial charge in [0.05, 0.1) is 50.6 Å². The molecule has 0 N–H and O–H groups in total. The fraction of sp³-hybridized carbons (Fsp3) is 0.273. The number of carbonyl (C=O) groups is 1. The first-order chi connectivity index (χ1) is 14.6. The van der Waals surface area contributed by atoms with E-state index in [-0.39, 0.29) is 5.91 Å². The van der Waals surface area contributed by atoms with Crippen molar-refractivity contribution in [1.82, 2.24) is 4.90 Å². The van der Waals surface area contributed by atoms with E-state index in [9.17, 15) is 4.79 Å². The van der Waals surface area contributed by atoms with E-state index in [0.29, 0.717) is 46.0 Å². The topological polar surface area (TPSA) is 69.6 Å². The van der Waals surface area contributed by atoms with Crippen molar-refractivity contribution in [2.24, 2.45) is 4.99 Å². The van der Waals surface area contributed by atoms with Gasteiger partial charge in [0.2, 0.25) is 0 Å². The molecule has 2 aromatic rings. The molecule has 8 heteroatoms. The van der Waals surface area contributed by atoms with Crippen LogP contribution < -0.4 is 14.2 Å². The molecule has 1 saturated heterocycles. The van der Waals surface area contributed by atoms with E-state index in [1.54, 1.807) is 51.5 Å². The first-order valence-corrected chi connectivity index (χ1v) is 10.1. The number of thioether (sulfide) groups is 1. The van der Waals surface area contributed by atoms with Gasteiger partial charge in [0.1, 0.15) is 17.2 Å². The molecule has 0 saturated carbocycles. The van der Waals surface area contributed by atoms with Crippen LogP contribution >= 0.6 is 11.8 Å². The first kappa shape index (κ1) is 21.7. The number of para-hydroxylation sites is 1. The summed E-state index contributed by atoms with van der Waals surface area (Å²) in [6.45, 7) is 0.810. The summed E-state index contributed by atoms with van der Waals surface area (Å²) in [5.41, 5.74) is 1.43. The maximum atomic E-state index is 13.1. The summed E-state index contributed by atoms with van der Waals surface area (Å²) >= 11 is 1.30. The van der Waals surface area contributed by atoms with Crippen LogP contribution in [0.2, 0.25) is 0 Å². The van der Waals surface area contributed by atoms with Crippen molar-refractivity contribution in [2.75, 3.05) is 41.6 Å². The lowest BCUT2D eigenvalue weighted by Crippen LogP contribution is -2.32. The van der Waals surface area contributed by atoms with E-state index in [2.05, 4.69) is 4.99 Å². The summed E-state index contributed by atoms with van der Waals surface area (Å²) in [5.74, 6) is 1.55. The van der Waals surface area contributed by atoms with E-state index in [1.807, 2.05) is 30.3 Å². The Hall–Kier alpha value is -2.97. The minimum Gasteiger partial charge on any atom is -0.496 e. The van der Waals surface area contributed by atoms with Crippen molar-refractivity contribution >= 4 is 34.6 Å². The van der Waals surface area contributed by atoms with Crippen LogP contribution in [0.25, 0.3) is 6.08 Å². The summed E-state index contributed by atoms with van der Waals surface area (Å²) in [6, 6.07) is 13.0. The number of hydrogen-bond donors (Lipinski definition) is 0. The van der Waals surface area contributed by atoms with Crippen LogP contribution in [0.5, 0.6) is 17.2 Å². The number of aliphatic imine (C=N–C) groups is 1. The van der Waals surface area contributed by atoms with Crippen LogP contribution in [0.1, 0.15) is 5.56 Å². The second-order valence-corrected chi connectivity index (χ2v) is 7.24. The minimum absolute atomic E-state index is 0.147. The smallest absolute Gasteiger partial charge is 0.266 e. The zero-order chi connectivity index (χ0) is 21.5. The highest BCUT2D eigenvalue weighted by Crippen LogP contribution is 2.40. The first-order valence-electron chi connectivity index (χ1n) is 9.25. The van der Waals surface area contributed by atoms with E-state index in [1.165, 1.54) is 11.8 Å². The second-order valence-electron chi connectivity index (χ2n) is 6.24. The van der Waals surface area contributed by atoms with Gasteiger partial charge in [-0.3, -0.25) is 9.69 Å². The van der Waals surface area contributed by atoms with E-state index < -0.39 is 0 Å². The third-order valence-electron chi connectivity index (χ3n) is 4.42. The number of ether oxygens (including phenoxy) is 4. The van der Waals surface area contributed by atoms with Crippen molar-refractivity contribution in [3.05, 3.63) is 52.9 Å². The van der Waals surface area contributed by atoms with Crippen LogP contribution in [0.3, 0.4) is 0 Å². The number of amidine groups is 1. The van der Waals surface area contributed by atoms with Gasteiger partial charge in [0.15, 0.2) is 5.17 Å². The zero-order valence-corrected chi connectivity index (χ0v) is 18.2. The number of nitrogens with zero attached hydrogens (tertiary/aromatic N) is 2. The molecule has 7 nitrogen and oxygen atoms in total. The Bertz CT molecular complexity index is 934. The van der Waals surface area contributed by atoms with Crippen LogP contribution in [-0.4, -0.2) is 57.6 Å². The van der Waals surface area contributed by atoms with Crippen LogP contribution in [0.4, 0.5) is 5.69 Å². The summed E-state index contributed by atoms with van der Waals surface area (Å²) in [5, 5.41) is 0.598. The molecule has 0 bridgehead atoms. The summed E-state index contributed by atoms with van der Waals surface area (Å²) in [6.07, 6.45) is 1.76. The summed E-state index contributed by atoms with van der Waals surface area (Å²) in [4.78, 5) is 19.9. The molecule has 0 atom stereocenters. The van der Waals surface area contributed by atoms with Crippen molar-refractivity contribution in [2.45, 2.75) is 0 Å². The van der Waals surface area contributed by atoms with Crippen molar-refractivity contribution in [3.8, 4) is 17.2 Å². The number of rotatable bonds is 8. The molecule has 1 amide bonds. The highest BCUT2D eigenvalue weighted by atomic mass is 32.2. The van der Waals surface area contributed by atoms with Crippen LogP contribution in [-0.2, 0) is 9.53 Å². The van der Waals surface area contributed by atoms with Gasteiger partial charge in [-0.1, -0.05) is 18.2 Å². The molecular formula is C22H24N2O5S. The molecule has 0 spiro atoms. The third-order valence-corrected chi connectivity index (χ3v) is 5.42. The molecular weight excluding hydrogens is 404 g/mol. The number of benzene rings is 2. The summed E-state index contributed by atoms with van der Waals surface area (Å²) in [7, 11) is 6.30. The van der Waals surface area contributed by atoms with Crippen LogP contribution in [0, 0.1) is 0 Å². The normalized spacial score (nSPS) is 16.4. The van der Waals surface area contributed by atoms with Gasteiger partial charge in [-0.2, -0.15) is 0 Å². The number of carbonyl (C=O) groups excluding carboxylic acids is 1. The third kappa shape index (κ3) is 4.77. The lowest BCUT2D eigenvalue weighted by molar-refractivity contribution is -0.122. The molecule has 1 aliphatic rings. The Morgan fingerprint density at radius 3 is 2.23 bits per heavy atom. The number of amides is 1. The predicted octanol–water partition coefficient (Wildman–Crippen LogP) is 3.96. The number of methoxy groups -OCH3 is 4. The lowest BCUT2D eigenvalue weighted by Gasteiger charge is -2.15. The summed E-state index contributed by atoms with van der Waals surface area (Å²) < 4.78 is 21.5. The Kier molecular flexibility index (Phi) is 7.37. The maximum Gasteiger partial charge on any atom is 0.266 e. The molecule has 0 radical (unpaired) electrons. The van der Waals surface area contributed by atoms with Gasteiger partial charge >= 0.3 is 0 Å². The Morgan fingerprint density at radius 2 is 1.67 bits per heavy atom. The SMILES string of the molecule is COCCN1C(=O)/C(=C/c2c(OC)cc(OC)cc2OC)SC1=Nc1ccccc1. The molecule has 1 heterocycles. The van der Waals surface area contributed by atoms with E-state index >= 15 is 0 Å².